The molecule has 1 heterocycles. The fourth-order valence-electron chi connectivity index (χ4n) is 3.53. The van der Waals surface area contributed by atoms with E-state index in [0.717, 1.165) is 29.4 Å². The smallest absolute Gasteiger partial charge is 0.219 e. The number of hydrogen-bond donors (Lipinski definition) is 1. The summed E-state index contributed by atoms with van der Waals surface area (Å²) in [7, 11) is 0. The molecule has 2 aromatic rings. The number of nitrogens with two attached hydrogens (primary N) is 1. The lowest BCUT2D eigenvalue weighted by Gasteiger charge is -2.23. The minimum Gasteiger partial charge on any atom is -0.372 e. The summed E-state index contributed by atoms with van der Waals surface area (Å²) in [4.78, 5) is 16.9. The van der Waals surface area contributed by atoms with Gasteiger partial charge in [-0.3, -0.25) is 4.79 Å². The Kier molecular flexibility index (Phi) is 8.55. The van der Waals surface area contributed by atoms with E-state index in [-0.39, 0.29) is 30.2 Å². The number of thioether (sulfide) groups is 1. The topological polar surface area (TPSA) is 74.3 Å². The molecule has 3 rings (SSSR count). The van der Waals surface area contributed by atoms with Crippen molar-refractivity contribution in [1.29, 1.82) is 0 Å². The second-order valence-corrected chi connectivity index (χ2v) is 8.28. The van der Waals surface area contributed by atoms with Crippen LogP contribution in [0.25, 0.3) is 0 Å². The molecular formula is C22H30ClN5OS. The van der Waals surface area contributed by atoms with Gasteiger partial charge in [-0.25, -0.2) is 0 Å². The van der Waals surface area contributed by atoms with E-state index in [9.17, 15) is 4.79 Å². The molecule has 0 bridgehead atoms. The predicted molar refractivity (Wildman–Crippen MR) is 128 cm³/mol. The third-order valence-corrected chi connectivity index (χ3v) is 6.22. The summed E-state index contributed by atoms with van der Waals surface area (Å²) in [6.07, 6.45) is 0.289. The van der Waals surface area contributed by atoms with Crippen molar-refractivity contribution in [3.05, 3.63) is 47.5 Å². The third-order valence-electron chi connectivity index (χ3n) is 5.08. The molecule has 0 saturated carbocycles. The Balaban J connectivity index is 0.00000320. The van der Waals surface area contributed by atoms with Crippen LogP contribution < -0.4 is 15.5 Å². The van der Waals surface area contributed by atoms with Crippen molar-refractivity contribution >= 4 is 47.1 Å². The molecule has 2 aromatic carbocycles. The Morgan fingerprint density at radius 3 is 2.53 bits per heavy atom. The van der Waals surface area contributed by atoms with Crippen molar-refractivity contribution < 1.29 is 4.79 Å². The molecule has 8 heteroatoms. The van der Waals surface area contributed by atoms with Gasteiger partial charge >= 0.3 is 0 Å². The van der Waals surface area contributed by atoms with Crippen molar-refractivity contribution in [1.82, 2.24) is 0 Å². The van der Waals surface area contributed by atoms with E-state index in [1.165, 1.54) is 16.8 Å². The molecule has 0 fully saturated rings. The summed E-state index contributed by atoms with van der Waals surface area (Å²) >= 11 is 1.65. The minimum absolute atomic E-state index is 0. The van der Waals surface area contributed by atoms with Crippen LogP contribution in [-0.4, -0.2) is 31.0 Å². The van der Waals surface area contributed by atoms with E-state index in [2.05, 4.69) is 78.1 Å². The van der Waals surface area contributed by atoms with Gasteiger partial charge in [0.15, 0.2) is 5.50 Å². The lowest BCUT2D eigenvalue weighted by molar-refractivity contribution is -0.117. The molecular weight excluding hydrogens is 418 g/mol. The van der Waals surface area contributed by atoms with Gasteiger partial charge in [0.2, 0.25) is 5.91 Å². The van der Waals surface area contributed by atoms with E-state index in [4.69, 9.17) is 5.73 Å². The largest absolute Gasteiger partial charge is 0.372 e. The molecule has 1 aliphatic heterocycles. The molecule has 0 radical (unpaired) electrons. The van der Waals surface area contributed by atoms with Gasteiger partial charge in [-0.15, -0.1) is 12.4 Å². The highest BCUT2D eigenvalue weighted by molar-refractivity contribution is 8.00. The van der Waals surface area contributed by atoms with Gasteiger partial charge in [0, 0.05) is 36.6 Å². The van der Waals surface area contributed by atoms with Crippen molar-refractivity contribution in [2.24, 2.45) is 16.0 Å². The van der Waals surface area contributed by atoms with Gasteiger partial charge < -0.3 is 15.5 Å². The Morgan fingerprint density at radius 1 is 1.17 bits per heavy atom. The van der Waals surface area contributed by atoms with Crippen LogP contribution in [0.5, 0.6) is 0 Å². The molecule has 6 nitrogen and oxygen atoms in total. The molecule has 1 unspecified atom stereocenters. The van der Waals surface area contributed by atoms with Crippen LogP contribution in [0.3, 0.4) is 0 Å². The van der Waals surface area contributed by atoms with Gasteiger partial charge in [0.25, 0.3) is 0 Å². The summed E-state index contributed by atoms with van der Waals surface area (Å²) < 4.78 is 0. The number of halogens is 1. The Hall–Kier alpha value is -2.25. The van der Waals surface area contributed by atoms with E-state index in [1.54, 1.807) is 11.8 Å². The predicted octanol–water partition coefficient (Wildman–Crippen LogP) is 5.43. The van der Waals surface area contributed by atoms with Gasteiger partial charge in [0.1, 0.15) is 0 Å². The summed E-state index contributed by atoms with van der Waals surface area (Å²) in [6, 6.07) is 12.5. The van der Waals surface area contributed by atoms with Crippen LogP contribution >= 0.6 is 24.2 Å². The van der Waals surface area contributed by atoms with E-state index in [0.29, 0.717) is 6.54 Å². The highest BCUT2D eigenvalue weighted by atomic mass is 35.5. The first-order valence-corrected chi connectivity index (χ1v) is 10.9. The number of carbonyl (C=O) groups is 1. The first kappa shape index (κ1) is 24.0. The van der Waals surface area contributed by atoms with Crippen LogP contribution in [-0.2, 0) is 4.79 Å². The van der Waals surface area contributed by atoms with Crippen molar-refractivity contribution in [3.63, 3.8) is 0 Å². The lowest BCUT2D eigenvalue weighted by atomic mass is 10.1. The molecule has 1 amide bonds. The van der Waals surface area contributed by atoms with Gasteiger partial charge in [-0.1, -0.05) is 17.8 Å². The number of hydrogen-bond acceptors (Lipinski definition) is 6. The molecule has 30 heavy (non-hydrogen) atoms. The van der Waals surface area contributed by atoms with Crippen molar-refractivity contribution in [2.75, 3.05) is 29.4 Å². The fraction of sp³-hybridized carbons (Fsp3) is 0.409. The lowest BCUT2D eigenvalue weighted by Crippen LogP contribution is -2.31. The fourth-order valence-corrected chi connectivity index (χ4v) is 4.76. The Bertz CT molecular complexity index is 916. The average molecular weight is 448 g/mol. The van der Waals surface area contributed by atoms with Crippen molar-refractivity contribution in [2.45, 2.75) is 44.5 Å². The van der Waals surface area contributed by atoms with Crippen LogP contribution in [0.1, 0.15) is 31.4 Å². The minimum atomic E-state index is -0.311. The average Bonchev–Trinajstić information content (AvgIpc) is 3.03. The quantitative estimate of drug-likeness (QED) is 0.547. The maximum absolute atomic E-state index is 11.3. The second kappa shape index (κ2) is 10.7. The molecule has 0 aliphatic carbocycles. The molecule has 0 aromatic heterocycles. The van der Waals surface area contributed by atoms with Crippen LogP contribution in [0, 0.1) is 13.8 Å². The summed E-state index contributed by atoms with van der Waals surface area (Å²) in [6.45, 7) is 11.0. The number of primary amides is 1. The zero-order valence-electron chi connectivity index (χ0n) is 18.0. The second-order valence-electron chi connectivity index (χ2n) is 7.18. The van der Waals surface area contributed by atoms with Crippen molar-refractivity contribution in [3.8, 4) is 0 Å². The zero-order valence-corrected chi connectivity index (χ0v) is 19.6. The standard InChI is InChI=1S/C22H29N5OS.ClH/c1-5-26(6-2)18-10-8-17(14-16(18)4)24-25-22-27(12-11-21(23)28)19-9-7-15(3)13-20(19)29-22;/h7-10,13-14,22H,5-6,11-12H2,1-4H3,(H2,23,28);1H. The van der Waals surface area contributed by atoms with E-state index < -0.39 is 0 Å². The normalized spacial score (nSPS) is 15.2. The van der Waals surface area contributed by atoms with Crippen LogP contribution in [0.4, 0.5) is 17.1 Å². The van der Waals surface area contributed by atoms with E-state index >= 15 is 0 Å². The maximum atomic E-state index is 11.3. The monoisotopic (exact) mass is 447 g/mol. The number of fused-ring (bicyclic) bond motifs is 1. The number of rotatable bonds is 8. The SMILES string of the molecule is CCN(CC)c1ccc(N=NC2Sc3cc(C)ccc3N2CCC(N)=O)cc1C.Cl. The Labute approximate surface area is 189 Å². The molecule has 1 atom stereocenters. The summed E-state index contributed by atoms with van der Waals surface area (Å²) in [5, 5.41) is 9.11. The molecule has 2 N–H and O–H groups in total. The number of carbonyl (C=O) groups excluding carboxylic acids is 1. The number of amides is 1. The molecule has 0 spiro atoms. The molecule has 0 saturated heterocycles. The van der Waals surface area contributed by atoms with E-state index in [1.807, 2.05) is 6.07 Å². The van der Waals surface area contributed by atoms with Crippen LogP contribution in [0.15, 0.2) is 51.5 Å². The number of azo groups is 1. The van der Waals surface area contributed by atoms with Gasteiger partial charge in [-0.2, -0.15) is 10.2 Å². The highest BCUT2D eigenvalue weighted by Crippen LogP contribution is 2.44. The first-order chi connectivity index (χ1) is 13.9. The number of anilines is 2. The number of aryl methyl sites for hydroxylation is 2. The summed E-state index contributed by atoms with van der Waals surface area (Å²) in [5.74, 6) is -0.311. The molecule has 1 aliphatic rings. The zero-order chi connectivity index (χ0) is 21.0. The number of nitrogens with zero attached hydrogens (tertiary/aromatic N) is 4. The molecule has 162 valence electrons. The highest BCUT2D eigenvalue weighted by Gasteiger charge is 2.30. The maximum Gasteiger partial charge on any atom is 0.219 e. The van der Waals surface area contributed by atoms with Gasteiger partial charge in [-0.05, 0) is 69.2 Å². The summed E-state index contributed by atoms with van der Waals surface area (Å²) in [5.41, 5.74) is 10.7. The van der Waals surface area contributed by atoms with Gasteiger partial charge in [0.05, 0.1) is 11.4 Å². The third kappa shape index (κ3) is 5.46. The number of benzene rings is 2. The Morgan fingerprint density at radius 2 is 1.90 bits per heavy atom. The van der Waals surface area contributed by atoms with Crippen LogP contribution in [0.2, 0.25) is 0 Å². The first-order valence-electron chi connectivity index (χ1n) is 10.0.